The van der Waals surface area contributed by atoms with Gasteiger partial charge < -0.3 is 21.0 Å². The van der Waals surface area contributed by atoms with Gasteiger partial charge >= 0.3 is 6.18 Å². The molecule has 0 spiro atoms. The van der Waals surface area contributed by atoms with Gasteiger partial charge in [-0.15, -0.1) is 0 Å². The second kappa shape index (κ2) is 9.23. The van der Waals surface area contributed by atoms with Gasteiger partial charge in [0.25, 0.3) is 11.5 Å². The van der Waals surface area contributed by atoms with Crippen molar-refractivity contribution in [1.82, 2.24) is 30.4 Å². The van der Waals surface area contributed by atoms with Crippen LogP contribution in [0.3, 0.4) is 0 Å². The molecular formula is C29H28F5N7O2. The van der Waals surface area contributed by atoms with E-state index in [1.54, 1.807) is 17.2 Å². The predicted octanol–water partition coefficient (Wildman–Crippen LogP) is 2.86. The third kappa shape index (κ3) is 4.13. The summed E-state index contributed by atoms with van der Waals surface area (Å²) in [4.78, 5) is 27.9. The number of fused-ring (bicyclic) bond motifs is 1. The number of aromatic nitrogens is 2. The maximum atomic E-state index is 14.4. The molecule has 6 aliphatic rings. The molecule has 1 aromatic carbocycles. The lowest BCUT2D eigenvalue weighted by Crippen LogP contribution is -2.79. The Labute approximate surface area is 242 Å². The van der Waals surface area contributed by atoms with Crippen molar-refractivity contribution in [2.24, 2.45) is 17.1 Å². The average molecular weight is 602 g/mol. The van der Waals surface area contributed by atoms with E-state index in [-0.39, 0.29) is 43.0 Å². The summed E-state index contributed by atoms with van der Waals surface area (Å²) in [5, 5.41) is 8.55. The van der Waals surface area contributed by atoms with E-state index in [9.17, 15) is 31.5 Å². The van der Waals surface area contributed by atoms with Crippen LogP contribution in [-0.4, -0.2) is 62.5 Å². The monoisotopic (exact) mass is 601 g/mol. The van der Waals surface area contributed by atoms with Crippen LogP contribution >= 0.6 is 0 Å². The molecule has 2 aromatic rings. The molecular weight excluding hydrogens is 573 g/mol. The molecule has 3 heterocycles. The van der Waals surface area contributed by atoms with Gasteiger partial charge in [0, 0.05) is 37.0 Å². The fourth-order valence-electron chi connectivity index (χ4n) is 7.02. The molecule has 1 unspecified atom stereocenters. The van der Waals surface area contributed by atoms with Crippen molar-refractivity contribution in [1.29, 1.82) is 0 Å². The molecule has 3 saturated carbocycles. The number of nitrogens with zero attached hydrogens (tertiary/aromatic N) is 4. The summed E-state index contributed by atoms with van der Waals surface area (Å²) in [6.45, 7) is 3.10. The first-order chi connectivity index (χ1) is 20.3. The summed E-state index contributed by atoms with van der Waals surface area (Å²) in [5.41, 5.74) is 7.48. The van der Waals surface area contributed by atoms with Crippen molar-refractivity contribution in [2.75, 3.05) is 13.1 Å². The number of nitrogens with two attached hydrogens (primary N) is 1. The minimum Gasteiger partial charge on any atom is -0.368 e. The Morgan fingerprint density at radius 1 is 1.12 bits per heavy atom. The number of benzene rings is 1. The van der Waals surface area contributed by atoms with Gasteiger partial charge in [-0.2, -0.15) is 23.0 Å². The zero-order valence-corrected chi connectivity index (χ0v) is 23.0. The van der Waals surface area contributed by atoms with Crippen LogP contribution in [-0.2, 0) is 0 Å². The molecule has 1 saturated heterocycles. The van der Waals surface area contributed by atoms with Crippen molar-refractivity contribution < 1.29 is 26.7 Å². The molecule has 4 N–H and O–H groups in total. The number of hydrogen-bond acceptors (Lipinski definition) is 7. The highest BCUT2D eigenvalue weighted by molar-refractivity contribution is 5.93. The van der Waals surface area contributed by atoms with Crippen LogP contribution < -0.4 is 22.0 Å². The minimum absolute atomic E-state index is 0.0228. The molecule has 2 aliphatic heterocycles. The van der Waals surface area contributed by atoms with Crippen molar-refractivity contribution in [3.8, 4) is 5.69 Å². The van der Waals surface area contributed by atoms with Gasteiger partial charge in [0.2, 0.25) is 0 Å². The molecule has 4 fully saturated rings. The van der Waals surface area contributed by atoms with Gasteiger partial charge in [-0.25, -0.2) is 14.2 Å². The van der Waals surface area contributed by atoms with E-state index >= 15 is 0 Å². The van der Waals surface area contributed by atoms with E-state index in [1.807, 2.05) is 18.0 Å². The van der Waals surface area contributed by atoms with Gasteiger partial charge in [-0.05, 0) is 49.5 Å². The molecule has 1 aromatic heterocycles. The van der Waals surface area contributed by atoms with Crippen molar-refractivity contribution in [3.63, 3.8) is 0 Å². The molecule has 9 nitrogen and oxygen atoms in total. The van der Waals surface area contributed by atoms with Gasteiger partial charge in [-0.1, -0.05) is 19.1 Å². The lowest BCUT2D eigenvalue weighted by atomic mass is 9.38. The number of para-hydroxylation sites is 1. The summed E-state index contributed by atoms with van der Waals surface area (Å²) < 4.78 is 69.9. The molecule has 1 amide bonds. The lowest BCUT2D eigenvalue weighted by molar-refractivity contribution is -0.361. The zero-order chi connectivity index (χ0) is 30.5. The number of carbonyl (C=O) groups excluding carboxylic acids is 1. The Morgan fingerprint density at radius 3 is 2.44 bits per heavy atom. The Morgan fingerprint density at radius 2 is 1.81 bits per heavy atom. The van der Waals surface area contributed by atoms with Crippen LogP contribution in [0.25, 0.3) is 5.69 Å². The van der Waals surface area contributed by atoms with E-state index in [0.29, 0.717) is 29.2 Å². The number of rotatable bonds is 5. The van der Waals surface area contributed by atoms with Gasteiger partial charge in [0.05, 0.1) is 28.4 Å². The Bertz CT molecular complexity index is 1650. The van der Waals surface area contributed by atoms with Crippen molar-refractivity contribution >= 4 is 5.91 Å². The second-order valence-corrected chi connectivity index (χ2v) is 12.3. The lowest BCUT2D eigenvalue weighted by Gasteiger charge is -2.72. The van der Waals surface area contributed by atoms with Gasteiger partial charge in [0.15, 0.2) is 11.6 Å². The molecule has 2 bridgehead atoms. The number of nitrogens with one attached hydrogen (secondary N) is 2. The fourth-order valence-corrected chi connectivity index (χ4v) is 7.02. The SMILES string of the molecule is C[C@@H]1CN(C2=C(NC(=O)c3ccc(=O)n(-c4c(F)cccc4F)n3)C=CC3NN(C45CC(C(F)(F)F)(C4)C5)C=C23)C[C@@H]1N. The first-order valence-electron chi connectivity index (χ1n) is 13.9. The van der Waals surface area contributed by atoms with E-state index in [2.05, 4.69) is 15.8 Å². The number of allylic oxidation sites excluding steroid dienone is 1. The number of likely N-dealkylation sites (tertiary alicyclic amines) is 1. The Hall–Kier alpha value is -4.04. The van der Waals surface area contributed by atoms with Gasteiger partial charge in [0.1, 0.15) is 11.4 Å². The molecule has 0 radical (unpaired) electrons. The largest absolute Gasteiger partial charge is 0.394 e. The highest BCUT2D eigenvalue weighted by Crippen LogP contribution is 2.75. The molecule has 8 rings (SSSR count). The fraction of sp³-hybridized carbons (Fsp3) is 0.414. The Kier molecular flexibility index (Phi) is 5.96. The molecule has 43 heavy (non-hydrogen) atoms. The normalized spacial score (nSPS) is 31.0. The summed E-state index contributed by atoms with van der Waals surface area (Å²) in [5.74, 6) is -2.63. The van der Waals surface area contributed by atoms with E-state index in [0.717, 1.165) is 35.9 Å². The van der Waals surface area contributed by atoms with E-state index in [4.69, 9.17) is 5.73 Å². The average Bonchev–Trinajstić information content (AvgIpc) is 3.44. The molecule has 3 atom stereocenters. The van der Waals surface area contributed by atoms with Crippen LogP contribution in [0.1, 0.15) is 36.7 Å². The number of amides is 1. The van der Waals surface area contributed by atoms with Crippen molar-refractivity contribution in [3.05, 3.63) is 93.3 Å². The smallest absolute Gasteiger partial charge is 0.368 e. The van der Waals surface area contributed by atoms with Gasteiger partial charge in [-0.3, -0.25) is 9.59 Å². The summed E-state index contributed by atoms with van der Waals surface area (Å²) in [6.07, 6.45) is 1.17. The third-order valence-electron chi connectivity index (χ3n) is 9.40. The molecule has 14 heteroatoms. The van der Waals surface area contributed by atoms with Crippen LogP contribution in [0.15, 0.2) is 70.4 Å². The number of hydrazine groups is 1. The zero-order valence-electron chi connectivity index (χ0n) is 23.0. The second-order valence-electron chi connectivity index (χ2n) is 12.3. The predicted molar refractivity (Wildman–Crippen MR) is 144 cm³/mol. The van der Waals surface area contributed by atoms with Crippen LogP contribution in [0, 0.1) is 23.0 Å². The summed E-state index contributed by atoms with van der Waals surface area (Å²) in [7, 11) is 0. The summed E-state index contributed by atoms with van der Waals surface area (Å²) in [6, 6.07) is 4.79. The van der Waals surface area contributed by atoms with Crippen molar-refractivity contribution in [2.45, 2.75) is 50.0 Å². The maximum absolute atomic E-state index is 14.4. The topological polar surface area (TPSA) is 109 Å². The van der Waals surface area contributed by atoms with Crippen LogP contribution in [0.4, 0.5) is 22.0 Å². The highest BCUT2D eigenvalue weighted by Gasteiger charge is 2.80. The maximum Gasteiger partial charge on any atom is 0.394 e. The number of alkyl halides is 3. The number of halogens is 5. The minimum atomic E-state index is -4.23. The number of carbonyl (C=O) groups is 1. The number of hydrogen-bond donors (Lipinski definition) is 3. The van der Waals surface area contributed by atoms with E-state index < -0.39 is 45.9 Å². The molecule has 226 valence electrons. The van der Waals surface area contributed by atoms with E-state index in [1.165, 1.54) is 0 Å². The quantitative estimate of drug-likeness (QED) is 0.453. The van der Waals surface area contributed by atoms with Crippen LogP contribution in [0.2, 0.25) is 0 Å². The molecule has 4 aliphatic carbocycles. The standard InChI is InChI=1S/C29H28F5N7O2/c1-15-9-39(11-19(15)35)24-16-10-40(28-12-27(13-28,14-28)29(32,33)34)37-20(16)5-6-21(24)36-26(43)22-7-8-23(42)41(38-22)25-17(30)3-2-4-18(25)31/h2-8,10,15,19-20,37H,9,11-14,35H2,1H3,(H,36,43)/t15-,19+,20?,27?,28?/m1/s1. The highest BCUT2D eigenvalue weighted by atomic mass is 19.4. The first kappa shape index (κ1) is 27.8. The first-order valence-corrected chi connectivity index (χ1v) is 13.9. The Balaban J connectivity index is 1.21. The van der Waals surface area contributed by atoms with Crippen LogP contribution in [0.5, 0.6) is 0 Å². The summed E-state index contributed by atoms with van der Waals surface area (Å²) >= 11 is 0. The third-order valence-corrected chi connectivity index (χ3v) is 9.40.